The number of carbonyl (C=O) groups excluding carboxylic acids is 1. The number of nitrogens with zero attached hydrogens (tertiary/aromatic N) is 2. The van der Waals surface area contributed by atoms with E-state index in [1.165, 1.54) is 5.56 Å². The number of fused-ring (bicyclic) bond motifs is 2. The van der Waals surface area contributed by atoms with Crippen LogP contribution in [-0.2, 0) is 17.6 Å². The lowest BCUT2D eigenvalue weighted by Crippen LogP contribution is -2.51. The number of halogens is 1. The van der Waals surface area contributed by atoms with Crippen LogP contribution in [0.25, 0.3) is 10.9 Å². The minimum atomic E-state index is -0.0772. The van der Waals surface area contributed by atoms with Gasteiger partial charge in [0.15, 0.2) is 11.5 Å². The molecule has 8 heteroatoms. The molecule has 3 aromatic rings. The molecule has 0 radical (unpaired) electrons. The molecule has 2 aliphatic heterocycles. The summed E-state index contributed by atoms with van der Waals surface area (Å²) in [5, 5.41) is 1.80. The molecule has 0 spiro atoms. The fourth-order valence-corrected chi connectivity index (χ4v) is 5.61. The van der Waals surface area contributed by atoms with E-state index >= 15 is 0 Å². The summed E-state index contributed by atoms with van der Waals surface area (Å²) in [6.07, 6.45) is 4.38. The van der Waals surface area contributed by atoms with Gasteiger partial charge in [-0.2, -0.15) is 0 Å². The third-order valence-corrected chi connectivity index (χ3v) is 7.35. The summed E-state index contributed by atoms with van der Waals surface area (Å²) in [6.45, 7) is 5.59. The number of methoxy groups -OCH3 is 1. The van der Waals surface area contributed by atoms with Crippen LogP contribution >= 0.6 is 11.6 Å². The lowest BCUT2D eigenvalue weighted by molar-refractivity contribution is 0.0376. The highest BCUT2D eigenvalue weighted by atomic mass is 35.5. The number of urea groups is 1. The number of nitrogens with one attached hydrogen (secondary N) is 1. The van der Waals surface area contributed by atoms with Gasteiger partial charge in [0, 0.05) is 36.7 Å². The molecule has 35 heavy (non-hydrogen) atoms. The molecule has 2 amide bonds. The van der Waals surface area contributed by atoms with Crippen LogP contribution in [0.2, 0.25) is 5.02 Å². The largest absolute Gasteiger partial charge is 0.493 e. The third-order valence-electron chi connectivity index (χ3n) is 7.03. The highest BCUT2D eigenvalue weighted by Crippen LogP contribution is 2.41. The van der Waals surface area contributed by atoms with Crippen molar-refractivity contribution in [2.24, 2.45) is 0 Å². The summed E-state index contributed by atoms with van der Waals surface area (Å²) in [5.41, 5.74) is 4.53. The van der Waals surface area contributed by atoms with Crippen LogP contribution in [0.3, 0.4) is 0 Å². The molecular weight excluding hydrogens is 466 g/mol. The number of rotatable bonds is 6. The zero-order valence-corrected chi connectivity index (χ0v) is 21.1. The molecule has 1 fully saturated rings. The molecule has 0 saturated carbocycles. The Labute approximate surface area is 210 Å². The van der Waals surface area contributed by atoms with Gasteiger partial charge < -0.3 is 29.0 Å². The van der Waals surface area contributed by atoms with E-state index in [1.54, 1.807) is 7.11 Å². The fourth-order valence-electron chi connectivity index (χ4n) is 5.31. The molecule has 1 N–H and O–H groups in total. The first-order valence-corrected chi connectivity index (χ1v) is 12.7. The number of hydrogen-bond acceptors (Lipinski definition) is 4. The zero-order valence-electron chi connectivity index (χ0n) is 20.3. The van der Waals surface area contributed by atoms with Crippen molar-refractivity contribution in [3.8, 4) is 11.5 Å². The van der Waals surface area contributed by atoms with Crippen molar-refractivity contribution in [2.45, 2.75) is 32.2 Å². The first kappa shape index (κ1) is 23.8. The molecule has 3 heterocycles. The van der Waals surface area contributed by atoms with E-state index in [2.05, 4.69) is 17.1 Å². The highest BCUT2D eigenvalue weighted by molar-refractivity contribution is 6.35. The Bertz CT molecular complexity index is 1200. The van der Waals surface area contributed by atoms with E-state index < -0.39 is 0 Å². The van der Waals surface area contributed by atoms with Crippen molar-refractivity contribution < 1.29 is 19.0 Å². The fraction of sp³-hybridized carbons (Fsp3) is 0.444. The second-order valence-electron chi connectivity index (χ2n) is 8.99. The van der Waals surface area contributed by atoms with Crippen LogP contribution < -0.4 is 9.47 Å². The Morgan fingerprint density at radius 2 is 2.03 bits per heavy atom. The lowest BCUT2D eigenvalue weighted by Gasteiger charge is -2.41. The first-order chi connectivity index (χ1) is 17.1. The number of hydrogen-bond donors (Lipinski definition) is 1. The van der Waals surface area contributed by atoms with Gasteiger partial charge in [0.25, 0.3) is 0 Å². The molecule has 186 valence electrons. The van der Waals surface area contributed by atoms with E-state index in [0.717, 1.165) is 57.8 Å². The molecule has 2 aromatic carbocycles. The minimum absolute atomic E-state index is 0.0772. The molecule has 7 nitrogen and oxygen atoms in total. The van der Waals surface area contributed by atoms with Crippen molar-refractivity contribution in [1.29, 1.82) is 0 Å². The predicted molar refractivity (Wildman–Crippen MR) is 137 cm³/mol. The SMILES string of the molecule is CCOc1cc2c(cc1OC)CCN(C(=O)N1CCOCC1)C2CCc1c[nH]c2cccc(Cl)c12. The van der Waals surface area contributed by atoms with E-state index in [4.69, 9.17) is 25.8 Å². The number of aromatic nitrogens is 1. The Morgan fingerprint density at radius 1 is 1.20 bits per heavy atom. The van der Waals surface area contributed by atoms with Gasteiger partial charge >= 0.3 is 6.03 Å². The van der Waals surface area contributed by atoms with Gasteiger partial charge in [-0.1, -0.05) is 17.7 Å². The summed E-state index contributed by atoms with van der Waals surface area (Å²) in [4.78, 5) is 20.9. The van der Waals surface area contributed by atoms with Crippen LogP contribution in [0.5, 0.6) is 11.5 Å². The Balaban J connectivity index is 1.50. The van der Waals surface area contributed by atoms with E-state index in [0.29, 0.717) is 39.5 Å². The van der Waals surface area contributed by atoms with Crippen LogP contribution in [0.1, 0.15) is 36.1 Å². The molecule has 1 atom stereocenters. The standard InChI is InChI=1S/C27H32ClN3O4/c1-3-35-25-16-20-18(15-24(25)33-2)9-10-31(27(32)30-11-13-34-14-12-30)23(20)8-7-19-17-29-22-6-4-5-21(28)26(19)22/h4-6,15-17,23,29H,3,7-14H2,1-2H3. The third kappa shape index (κ3) is 4.67. The van der Waals surface area contributed by atoms with Crippen molar-refractivity contribution in [3.63, 3.8) is 0 Å². The number of H-pyrrole nitrogens is 1. The van der Waals surface area contributed by atoms with Crippen LogP contribution in [-0.4, -0.2) is 67.4 Å². The van der Waals surface area contributed by atoms with Crippen molar-refractivity contribution in [1.82, 2.24) is 14.8 Å². The van der Waals surface area contributed by atoms with Gasteiger partial charge in [0.2, 0.25) is 0 Å². The summed E-state index contributed by atoms with van der Waals surface area (Å²) < 4.78 is 17.0. The molecule has 0 aliphatic carbocycles. The maximum absolute atomic E-state index is 13.6. The summed E-state index contributed by atoms with van der Waals surface area (Å²) in [6, 6.07) is 10.1. The smallest absolute Gasteiger partial charge is 0.320 e. The maximum Gasteiger partial charge on any atom is 0.320 e. The minimum Gasteiger partial charge on any atom is -0.493 e. The van der Waals surface area contributed by atoms with Gasteiger partial charge in [0.05, 0.1) is 38.0 Å². The number of morpholine rings is 1. The van der Waals surface area contributed by atoms with Crippen molar-refractivity contribution >= 4 is 28.5 Å². The first-order valence-electron chi connectivity index (χ1n) is 12.3. The second-order valence-corrected chi connectivity index (χ2v) is 9.40. The number of amides is 2. The molecule has 1 aromatic heterocycles. The highest BCUT2D eigenvalue weighted by Gasteiger charge is 2.35. The Morgan fingerprint density at radius 3 is 2.80 bits per heavy atom. The van der Waals surface area contributed by atoms with Gasteiger partial charge in [-0.05, 0) is 67.1 Å². The number of carbonyl (C=O) groups is 1. The number of benzene rings is 2. The van der Waals surface area contributed by atoms with E-state index in [9.17, 15) is 4.79 Å². The monoisotopic (exact) mass is 497 g/mol. The average Bonchev–Trinajstić information content (AvgIpc) is 3.31. The number of ether oxygens (including phenoxy) is 3. The molecule has 1 saturated heterocycles. The second kappa shape index (κ2) is 10.4. The molecule has 2 aliphatic rings. The van der Waals surface area contributed by atoms with Crippen LogP contribution in [0.4, 0.5) is 4.79 Å². The quantitative estimate of drug-likeness (QED) is 0.507. The zero-order chi connectivity index (χ0) is 24.4. The summed E-state index contributed by atoms with van der Waals surface area (Å²) in [7, 11) is 1.67. The normalized spacial score (nSPS) is 18.0. The van der Waals surface area contributed by atoms with E-state index in [-0.39, 0.29) is 12.1 Å². The van der Waals surface area contributed by atoms with E-state index in [1.807, 2.05) is 41.1 Å². The molecule has 5 rings (SSSR count). The van der Waals surface area contributed by atoms with Gasteiger partial charge in [0.1, 0.15) is 0 Å². The van der Waals surface area contributed by atoms with Gasteiger partial charge in [-0.3, -0.25) is 0 Å². The van der Waals surface area contributed by atoms with Crippen LogP contribution in [0, 0.1) is 0 Å². The Hall–Kier alpha value is -2.90. The van der Waals surface area contributed by atoms with Crippen molar-refractivity contribution in [3.05, 3.63) is 58.2 Å². The van der Waals surface area contributed by atoms with Gasteiger partial charge in [-0.25, -0.2) is 4.79 Å². The topological polar surface area (TPSA) is 67.0 Å². The van der Waals surface area contributed by atoms with Gasteiger partial charge in [-0.15, -0.1) is 0 Å². The molecule has 1 unspecified atom stereocenters. The molecule has 0 bridgehead atoms. The summed E-state index contributed by atoms with van der Waals surface area (Å²) in [5.74, 6) is 1.45. The van der Waals surface area contributed by atoms with Crippen LogP contribution in [0.15, 0.2) is 36.5 Å². The lowest BCUT2D eigenvalue weighted by atomic mass is 9.88. The maximum atomic E-state index is 13.6. The predicted octanol–water partition coefficient (Wildman–Crippen LogP) is 5.21. The number of aromatic amines is 1. The van der Waals surface area contributed by atoms with Crippen molar-refractivity contribution in [2.75, 3.05) is 46.6 Å². The summed E-state index contributed by atoms with van der Waals surface area (Å²) >= 11 is 6.54. The number of aryl methyl sites for hydroxylation is 1. The average molecular weight is 498 g/mol. The Kier molecular flexibility index (Phi) is 7.07. The molecular formula is C27H32ClN3O4.